The van der Waals surface area contributed by atoms with Crippen molar-refractivity contribution < 1.29 is 9.90 Å². The highest BCUT2D eigenvalue weighted by atomic mass is 35.5. The van der Waals surface area contributed by atoms with E-state index in [4.69, 9.17) is 11.6 Å². The molecule has 3 nitrogen and oxygen atoms in total. The van der Waals surface area contributed by atoms with Gasteiger partial charge in [0.1, 0.15) is 0 Å². The van der Waals surface area contributed by atoms with Gasteiger partial charge in [-0.2, -0.15) is 0 Å². The van der Waals surface area contributed by atoms with Crippen molar-refractivity contribution in [3.05, 3.63) is 70.2 Å². The van der Waals surface area contributed by atoms with E-state index in [9.17, 15) is 9.90 Å². The molecule has 2 aromatic carbocycles. The zero-order valence-corrected chi connectivity index (χ0v) is 12.9. The Hall–Kier alpha value is -1.84. The van der Waals surface area contributed by atoms with Crippen LogP contribution in [0.5, 0.6) is 0 Å². The Kier molecular flexibility index (Phi) is 4.46. The molecule has 0 fully saturated rings. The van der Waals surface area contributed by atoms with Crippen LogP contribution in [0.15, 0.2) is 48.5 Å². The van der Waals surface area contributed by atoms with E-state index in [1.54, 1.807) is 0 Å². The van der Waals surface area contributed by atoms with E-state index in [1.165, 1.54) is 0 Å². The van der Waals surface area contributed by atoms with Gasteiger partial charge in [0, 0.05) is 17.9 Å². The summed E-state index contributed by atoms with van der Waals surface area (Å²) in [6.45, 7) is 0. The maximum Gasteiger partial charge on any atom is 0.220 e. The van der Waals surface area contributed by atoms with Gasteiger partial charge in [-0.15, -0.1) is 0 Å². The first-order valence-corrected chi connectivity index (χ1v) is 7.81. The minimum Gasteiger partial charge on any atom is -0.390 e. The van der Waals surface area contributed by atoms with Gasteiger partial charge in [-0.25, -0.2) is 0 Å². The predicted molar refractivity (Wildman–Crippen MR) is 86.8 cm³/mol. The highest BCUT2D eigenvalue weighted by Gasteiger charge is 2.31. The summed E-state index contributed by atoms with van der Waals surface area (Å²) in [7, 11) is 0. The molecular formula is C18H18ClNO2. The van der Waals surface area contributed by atoms with Gasteiger partial charge in [-0.3, -0.25) is 4.79 Å². The van der Waals surface area contributed by atoms with Gasteiger partial charge >= 0.3 is 0 Å². The molecule has 3 rings (SSSR count). The lowest BCUT2D eigenvalue weighted by Gasteiger charge is -2.18. The second kappa shape index (κ2) is 6.51. The van der Waals surface area contributed by atoms with E-state index < -0.39 is 6.10 Å². The summed E-state index contributed by atoms with van der Waals surface area (Å²) in [6, 6.07) is 15.1. The number of nitrogens with one attached hydrogen (secondary N) is 1. The van der Waals surface area contributed by atoms with E-state index >= 15 is 0 Å². The quantitative estimate of drug-likeness (QED) is 0.911. The topological polar surface area (TPSA) is 49.3 Å². The number of aliphatic hydroxyl groups excluding tert-OH is 1. The molecule has 2 atom stereocenters. The molecule has 0 radical (unpaired) electrons. The van der Waals surface area contributed by atoms with E-state index in [2.05, 4.69) is 5.32 Å². The summed E-state index contributed by atoms with van der Waals surface area (Å²) in [6.07, 6.45) is 1.11. The third-order valence-electron chi connectivity index (χ3n) is 4.07. The zero-order chi connectivity index (χ0) is 15.5. The largest absolute Gasteiger partial charge is 0.390 e. The van der Waals surface area contributed by atoms with Crippen molar-refractivity contribution in [1.82, 2.24) is 5.32 Å². The van der Waals surface area contributed by atoms with Crippen LogP contribution in [0.25, 0.3) is 0 Å². The second-order valence-corrected chi connectivity index (χ2v) is 6.08. The van der Waals surface area contributed by atoms with Gasteiger partial charge in [0.15, 0.2) is 0 Å². The molecule has 0 saturated heterocycles. The summed E-state index contributed by atoms with van der Waals surface area (Å²) in [4.78, 5) is 12.1. The molecule has 1 aliphatic rings. The molecule has 1 amide bonds. The van der Waals surface area contributed by atoms with E-state index in [0.717, 1.165) is 16.7 Å². The number of halogens is 1. The third kappa shape index (κ3) is 3.32. The number of amides is 1. The molecule has 22 heavy (non-hydrogen) atoms. The predicted octanol–water partition coefficient (Wildman–Crippen LogP) is 3.05. The number of rotatable bonds is 4. The van der Waals surface area contributed by atoms with Crippen LogP contribution >= 0.6 is 11.6 Å². The smallest absolute Gasteiger partial charge is 0.220 e. The Morgan fingerprint density at radius 2 is 1.91 bits per heavy atom. The van der Waals surface area contributed by atoms with Crippen LogP contribution in [0.4, 0.5) is 0 Å². The fraction of sp³-hybridized carbons (Fsp3) is 0.278. The van der Waals surface area contributed by atoms with Crippen molar-refractivity contribution in [2.45, 2.75) is 31.4 Å². The molecule has 0 saturated carbocycles. The maximum atomic E-state index is 12.1. The second-order valence-electron chi connectivity index (χ2n) is 5.64. The molecule has 4 heteroatoms. The van der Waals surface area contributed by atoms with Crippen molar-refractivity contribution >= 4 is 17.5 Å². The number of benzene rings is 2. The summed E-state index contributed by atoms with van der Waals surface area (Å²) in [5.41, 5.74) is 3.21. The number of aliphatic hydroxyl groups is 1. The van der Waals surface area contributed by atoms with Gasteiger partial charge in [0.2, 0.25) is 5.91 Å². The lowest BCUT2D eigenvalue weighted by atomic mass is 10.1. The van der Waals surface area contributed by atoms with Crippen LogP contribution in [0, 0.1) is 0 Å². The Bertz CT molecular complexity index is 669. The normalized spacial score (nSPS) is 19.7. The number of hydrogen-bond donors (Lipinski definition) is 2. The lowest BCUT2D eigenvalue weighted by Crippen LogP contribution is -2.33. The molecule has 0 unspecified atom stereocenters. The van der Waals surface area contributed by atoms with Crippen molar-refractivity contribution in [1.29, 1.82) is 0 Å². The van der Waals surface area contributed by atoms with Crippen LogP contribution in [0.3, 0.4) is 0 Å². The standard InChI is InChI=1S/C18H18ClNO2/c19-14-8-5-12(6-9-14)7-10-17(22)20-18-15-4-2-1-3-13(15)11-16(18)21/h1-6,8-9,16,18,21H,7,10-11H2,(H,20,22)/t16-,18+/m0/s1. The molecule has 114 valence electrons. The van der Waals surface area contributed by atoms with E-state index in [1.807, 2.05) is 48.5 Å². The van der Waals surface area contributed by atoms with Crippen LogP contribution in [-0.2, 0) is 17.6 Å². The van der Waals surface area contributed by atoms with Crippen molar-refractivity contribution in [3.63, 3.8) is 0 Å². The first kappa shape index (κ1) is 15.1. The number of fused-ring (bicyclic) bond motifs is 1. The Morgan fingerprint density at radius 1 is 1.18 bits per heavy atom. The summed E-state index contributed by atoms with van der Waals surface area (Å²) in [5.74, 6) is -0.0456. The Labute approximate surface area is 134 Å². The SMILES string of the molecule is O=C(CCc1ccc(Cl)cc1)N[C@@H]1c2ccccc2C[C@@H]1O. The van der Waals surface area contributed by atoms with Gasteiger partial charge in [0.05, 0.1) is 12.1 Å². The fourth-order valence-electron chi connectivity index (χ4n) is 2.90. The van der Waals surface area contributed by atoms with E-state index in [0.29, 0.717) is 24.3 Å². The Morgan fingerprint density at radius 3 is 2.68 bits per heavy atom. The molecule has 0 spiro atoms. The summed E-state index contributed by atoms with van der Waals surface area (Å²) in [5, 5.41) is 13.8. The van der Waals surface area contributed by atoms with Gasteiger partial charge in [0.25, 0.3) is 0 Å². The first-order valence-electron chi connectivity index (χ1n) is 7.43. The summed E-state index contributed by atoms with van der Waals surface area (Å²) < 4.78 is 0. The minimum absolute atomic E-state index is 0.0456. The van der Waals surface area contributed by atoms with E-state index in [-0.39, 0.29) is 11.9 Å². The average Bonchev–Trinajstić information content (AvgIpc) is 2.83. The lowest BCUT2D eigenvalue weighted by molar-refractivity contribution is -0.122. The molecule has 0 bridgehead atoms. The maximum absolute atomic E-state index is 12.1. The van der Waals surface area contributed by atoms with Crippen LogP contribution in [-0.4, -0.2) is 17.1 Å². The van der Waals surface area contributed by atoms with Crippen molar-refractivity contribution in [2.24, 2.45) is 0 Å². The molecular weight excluding hydrogens is 298 g/mol. The summed E-state index contributed by atoms with van der Waals surface area (Å²) >= 11 is 5.84. The number of aryl methyl sites for hydroxylation is 1. The molecule has 1 aliphatic carbocycles. The van der Waals surface area contributed by atoms with Gasteiger partial charge < -0.3 is 10.4 Å². The highest BCUT2D eigenvalue weighted by Crippen LogP contribution is 2.31. The molecule has 2 N–H and O–H groups in total. The first-order chi connectivity index (χ1) is 10.6. The number of carbonyl (C=O) groups excluding carboxylic acids is 1. The zero-order valence-electron chi connectivity index (χ0n) is 12.1. The number of carbonyl (C=O) groups is 1. The monoisotopic (exact) mass is 315 g/mol. The molecule has 0 aromatic heterocycles. The highest BCUT2D eigenvalue weighted by molar-refractivity contribution is 6.30. The Balaban J connectivity index is 1.59. The van der Waals surface area contributed by atoms with Gasteiger partial charge in [-0.1, -0.05) is 48.0 Å². The molecule has 0 heterocycles. The molecule has 0 aliphatic heterocycles. The van der Waals surface area contributed by atoms with Crippen LogP contribution in [0.2, 0.25) is 5.02 Å². The van der Waals surface area contributed by atoms with Gasteiger partial charge in [-0.05, 0) is 35.2 Å². The minimum atomic E-state index is -0.545. The third-order valence-corrected chi connectivity index (χ3v) is 4.33. The van der Waals surface area contributed by atoms with Crippen molar-refractivity contribution in [3.8, 4) is 0 Å². The number of hydrogen-bond acceptors (Lipinski definition) is 2. The average molecular weight is 316 g/mol. The van der Waals surface area contributed by atoms with Crippen LogP contribution in [0.1, 0.15) is 29.2 Å². The fourth-order valence-corrected chi connectivity index (χ4v) is 3.03. The van der Waals surface area contributed by atoms with Crippen LogP contribution < -0.4 is 5.32 Å². The van der Waals surface area contributed by atoms with Crippen molar-refractivity contribution in [2.75, 3.05) is 0 Å². The molecule has 2 aromatic rings.